The highest BCUT2D eigenvalue weighted by Gasteiger charge is 2.30. The van der Waals surface area contributed by atoms with Crippen molar-refractivity contribution in [3.05, 3.63) is 47.3 Å². The molecule has 164 valence electrons. The summed E-state index contributed by atoms with van der Waals surface area (Å²) in [5.74, 6) is 2.15. The van der Waals surface area contributed by atoms with Crippen LogP contribution in [0, 0.1) is 0 Å². The second kappa shape index (κ2) is 9.16. The molecule has 31 heavy (non-hydrogen) atoms. The van der Waals surface area contributed by atoms with E-state index in [-0.39, 0.29) is 17.9 Å². The first-order valence-electron chi connectivity index (χ1n) is 10.3. The predicted molar refractivity (Wildman–Crippen MR) is 120 cm³/mol. The molecule has 0 bridgehead atoms. The average Bonchev–Trinajstić information content (AvgIpc) is 3.21. The highest BCUT2D eigenvalue weighted by molar-refractivity contribution is 6.31. The molecular formula is C23H26ClN3O4. The molecule has 1 fully saturated rings. The van der Waals surface area contributed by atoms with Gasteiger partial charge in [0.1, 0.15) is 17.0 Å². The van der Waals surface area contributed by atoms with Gasteiger partial charge in [-0.05, 0) is 63.2 Å². The number of oxazole rings is 1. The zero-order chi connectivity index (χ0) is 22.0. The fraction of sp³-hybridized carbons (Fsp3) is 0.391. The van der Waals surface area contributed by atoms with Gasteiger partial charge in [0, 0.05) is 17.0 Å². The predicted octanol–water partition coefficient (Wildman–Crippen LogP) is 4.71. The van der Waals surface area contributed by atoms with Crippen molar-refractivity contribution in [3.8, 4) is 11.5 Å². The monoisotopic (exact) mass is 443 g/mol. The summed E-state index contributed by atoms with van der Waals surface area (Å²) in [7, 11) is 3.16. The van der Waals surface area contributed by atoms with Gasteiger partial charge >= 0.3 is 0 Å². The lowest BCUT2D eigenvalue weighted by Gasteiger charge is -2.34. The molecule has 1 aliphatic rings. The number of rotatable bonds is 6. The van der Waals surface area contributed by atoms with Gasteiger partial charge in [-0.2, -0.15) is 0 Å². The van der Waals surface area contributed by atoms with Crippen molar-refractivity contribution >= 4 is 34.3 Å². The van der Waals surface area contributed by atoms with E-state index < -0.39 is 0 Å². The Kier molecular flexibility index (Phi) is 6.34. The lowest BCUT2D eigenvalue weighted by atomic mass is 9.95. The Labute approximate surface area is 186 Å². The summed E-state index contributed by atoms with van der Waals surface area (Å²) < 4.78 is 16.6. The topological polar surface area (TPSA) is 76.8 Å². The van der Waals surface area contributed by atoms with E-state index >= 15 is 0 Å². The molecule has 1 atom stereocenters. The molecule has 1 N–H and O–H groups in total. The van der Waals surface area contributed by atoms with Crippen molar-refractivity contribution in [1.82, 2.24) is 9.88 Å². The van der Waals surface area contributed by atoms with Crippen LogP contribution in [0.25, 0.3) is 11.1 Å². The summed E-state index contributed by atoms with van der Waals surface area (Å²) in [6.45, 7) is 3.49. The number of methoxy groups -OCH3 is 2. The van der Waals surface area contributed by atoms with E-state index in [0.717, 1.165) is 42.9 Å². The van der Waals surface area contributed by atoms with Gasteiger partial charge in [-0.25, -0.2) is 4.98 Å². The minimum Gasteiger partial charge on any atom is -0.497 e. The summed E-state index contributed by atoms with van der Waals surface area (Å²) in [5, 5.41) is 3.62. The first-order valence-corrected chi connectivity index (χ1v) is 10.7. The molecule has 0 spiro atoms. The van der Waals surface area contributed by atoms with Crippen LogP contribution in [0.5, 0.6) is 11.5 Å². The quantitative estimate of drug-likeness (QED) is 0.594. The molecule has 1 unspecified atom stereocenters. The minimum absolute atomic E-state index is 0.0819. The summed E-state index contributed by atoms with van der Waals surface area (Å²) in [4.78, 5) is 19.7. The van der Waals surface area contributed by atoms with Crippen molar-refractivity contribution in [1.29, 1.82) is 0 Å². The molecule has 0 radical (unpaired) electrons. The highest BCUT2D eigenvalue weighted by atomic mass is 35.5. The van der Waals surface area contributed by atoms with Gasteiger partial charge in [-0.1, -0.05) is 11.6 Å². The molecule has 8 heteroatoms. The number of ether oxygens (including phenoxy) is 2. The minimum atomic E-state index is -0.278. The maximum Gasteiger partial charge on any atom is 0.241 e. The van der Waals surface area contributed by atoms with E-state index in [9.17, 15) is 4.79 Å². The Morgan fingerprint density at radius 1 is 1.19 bits per heavy atom. The van der Waals surface area contributed by atoms with Gasteiger partial charge in [-0.15, -0.1) is 0 Å². The van der Waals surface area contributed by atoms with Crippen LogP contribution >= 0.6 is 11.6 Å². The number of anilines is 1. The normalized spacial score (nSPS) is 16.3. The number of nitrogens with zero attached hydrogens (tertiary/aromatic N) is 2. The SMILES string of the molecule is COc1ccc(OC)c(NC(=O)C(C)N2CCC(c3nc4cc(Cl)ccc4o3)CC2)c1. The van der Waals surface area contributed by atoms with Crippen LogP contribution in [0.2, 0.25) is 5.02 Å². The van der Waals surface area contributed by atoms with E-state index in [1.54, 1.807) is 38.5 Å². The zero-order valence-corrected chi connectivity index (χ0v) is 18.6. The van der Waals surface area contributed by atoms with Gasteiger partial charge in [0.25, 0.3) is 0 Å². The van der Waals surface area contributed by atoms with E-state index in [1.807, 2.05) is 19.1 Å². The molecular weight excluding hydrogens is 418 g/mol. The number of carbonyl (C=O) groups is 1. The van der Waals surface area contributed by atoms with E-state index in [2.05, 4.69) is 15.2 Å². The summed E-state index contributed by atoms with van der Waals surface area (Å²) >= 11 is 6.05. The molecule has 1 amide bonds. The van der Waals surface area contributed by atoms with E-state index in [1.165, 1.54) is 0 Å². The summed E-state index contributed by atoms with van der Waals surface area (Å²) in [5.41, 5.74) is 2.13. The van der Waals surface area contributed by atoms with Crippen LogP contribution in [-0.2, 0) is 4.79 Å². The van der Waals surface area contributed by atoms with Crippen molar-refractivity contribution < 1.29 is 18.7 Å². The molecule has 2 heterocycles. The maximum absolute atomic E-state index is 12.9. The average molecular weight is 444 g/mol. The van der Waals surface area contributed by atoms with E-state index in [4.69, 9.17) is 25.5 Å². The molecule has 3 aromatic rings. The largest absolute Gasteiger partial charge is 0.497 e. The Morgan fingerprint density at radius 3 is 2.68 bits per heavy atom. The third-order valence-electron chi connectivity index (χ3n) is 5.84. The third kappa shape index (κ3) is 4.62. The van der Waals surface area contributed by atoms with E-state index in [0.29, 0.717) is 22.2 Å². The van der Waals surface area contributed by atoms with Crippen molar-refractivity contribution in [2.75, 3.05) is 32.6 Å². The van der Waals surface area contributed by atoms with Crippen LogP contribution in [0.3, 0.4) is 0 Å². The second-order valence-electron chi connectivity index (χ2n) is 7.71. The number of likely N-dealkylation sites (tertiary alicyclic amines) is 1. The van der Waals surface area contributed by atoms with Crippen molar-refractivity contribution in [2.24, 2.45) is 0 Å². The van der Waals surface area contributed by atoms with Crippen LogP contribution in [0.15, 0.2) is 40.8 Å². The summed E-state index contributed by atoms with van der Waals surface area (Å²) in [6.07, 6.45) is 1.75. The number of hydrogen-bond donors (Lipinski definition) is 1. The molecule has 1 saturated heterocycles. The number of hydrogen-bond acceptors (Lipinski definition) is 6. The zero-order valence-electron chi connectivity index (χ0n) is 17.9. The van der Waals surface area contributed by atoms with Crippen LogP contribution in [0.1, 0.15) is 31.6 Å². The van der Waals surface area contributed by atoms with Crippen LogP contribution in [0.4, 0.5) is 5.69 Å². The fourth-order valence-electron chi connectivity index (χ4n) is 3.94. The number of amides is 1. The number of nitrogens with one attached hydrogen (secondary N) is 1. The van der Waals surface area contributed by atoms with Gasteiger partial charge in [0.15, 0.2) is 11.5 Å². The number of piperidine rings is 1. The van der Waals surface area contributed by atoms with Crippen molar-refractivity contribution in [2.45, 2.75) is 31.7 Å². The van der Waals surface area contributed by atoms with Gasteiger partial charge in [-0.3, -0.25) is 9.69 Å². The molecule has 1 aromatic heterocycles. The Bertz CT molecular complexity index is 1080. The first kappa shape index (κ1) is 21.5. The molecule has 0 aliphatic carbocycles. The Balaban J connectivity index is 1.38. The highest BCUT2D eigenvalue weighted by Crippen LogP contribution is 2.32. The second-order valence-corrected chi connectivity index (χ2v) is 8.14. The van der Waals surface area contributed by atoms with Crippen molar-refractivity contribution in [3.63, 3.8) is 0 Å². The first-order chi connectivity index (χ1) is 15.0. The Hall–Kier alpha value is -2.77. The fourth-order valence-corrected chi connectivity index (χ4v) is 4.11. The maximum atomic E-state index is 12.9. The number of carbonyl (C=O) groups excluding carboxylic acids is 1. The number of halogens is 1. The van der Waals surface area contributed by atoms with Gasteiger partial charge in [0.05, 0.1) is 25.9 Å². The molecule has 7 nitrogen and oxygen atoms in total. The lowest BCUT2D eigenvalue weighted by Crippen LogP contribution is -2.45. The summed E-state index contributed by atoms with van der Waals surface area (Å²) in [6, 6.07) is 10.5. The number of benzene rings is 2. The number of fused-ring (bicyclic) bond motifs is 1. The standard InChI is InChI=1S/C23H26ClN3O4/c1-14(22(28)25-19-13-17(29-2)5-7-20(19)30-3)27-10-8-15(9-11-27)23-26-18-12-16(24)4-6-21(18)31-23/h4-7,12-15H,8-11H2,1-3H3,(H,25,28). The van der Waals surface area contributed by atoms with Crippen LogP contribution < -0.4 is 14.8 Å². The smallest absolute Gasteiger partial charge is 0.241 e. The third-order valence-corrected chi connectivity index (χ3v) is 6.07. The molecule has 1 aliphatic heterocycles. The molecule has 4 rings (SSSR count). The van der Waals surface area contributed by atoms with Gasteiger partial charge < -0.3 is 19.2 Å². The van der Waals surface area contributed by atoms with Gasteiger partial charge in [0.2, 0.25) is 5.91 Å². The lowest BCUT2D eigenvalue weighted by molar-refractivity contribution is -0.121. The number of aromatic nitrogens is 1. The van der Waals surface area contributed by atoms with Crippen LogP contribution in [-0.4, -0.2) is 49.1 Å². The molecule has 2 aromatic carbocycles. The molecule has 0 saturated carbocycles. The Morgan fingerprint density at radius 2 is 1.97 bits per heavy atom.